The minimum atomic E-state index is -1.00. The Morgan fingerprint density at radius 3 is 2.46 bits per heavy atom. The number of amides is 1. The average Bonchev–Trinajstić information content (AvgIpc) is 2.81. The fourth-order valence-corrected chi connectivity index (χ4v) is 4.18. The highest BCUT2D eigenvalue weighted by Gasteiger charge is 2.53. The van der Waals surface area contributed by atoms with E-state index in [2.05, 4.69) is 0 Å². The van der Waals surface area contributed by atoms with Crippen molar-refractivity contribution in [2.45, 2.75) is 45.1 Å². The Kier molecular flexibility index (Phi) is 4.72. The lowest BCUT2D eigenvalue weighted by molar-refractivity contribution is -0.138. The number of nitrogens with zero attached hydrogens (tertiary/aromatic N) is 1. The number of rotatable bonds is 3. The minimum Gasteiger partial charge on any atom is -0.299 e. The van der Waals surface area contributed by atoms with E-state index in [0.29, 0.717) is 0 Å². The first-order chi connectivity index (χ1) is 11.4. The Bertz CT molecular complexity index is 700. The summed E-state index contributed by atoms with van der Waals surface area (Å²) in [6, 6.07) is 3.41. The molecule has 128 valence electrons. The van der Waals surface area contributed by atoms with Crippen molar-refractivity contribution in [1.29, 1.82) is 0 Å². The molecule has 1 aromatic rings. The third-order valence-electron chi connectivity index (χ3n) is 5.09. The maximum absolute atomic E-state index is 14.4. The molecule has 3 rings (SSSR count). The molecule has 1 aliphatic carbocycles. The molecular formula is C18H19ClFNO3. The molecule has 2 fully saturated rings. The number of halogens is 2. The van der Waals surface area contributed by atoms with Crippen LogP contribution in [0.4, 0.5) is 10.1 Å². The molecule has 0 radical (unpaired) electrons. The normalized spacial score (nSPS) is 25.4. The number of ketones is 2. The van der Waals surface area contributed by atoms with E-state index in [-0.39, 0.29) is 22.4 Å². The Balaban J connectivity index is 2.07. The highest BCUT2D eigenvalue weighted by Crippen LogP contribution is 2.40. The molecule has 0 bridgehead atoms. The van der Waals surface area contributed by atoms with Crippen molar-refractivity contribution in [2.24, 2.45) is 11.8 Å². The van der Waals surface area contributed by atoms with Crippen molar-refractivity contribution >= 4 is 34.8 Å². The van der Waals surface area contributed by atoms with E-state index >= 15 is 0 Å². The Labute approximate surface area is 145 Å². The Hall–Kier alpha value is -1.75. The average molecular weight is 352 g/mol. The number of hydrogen-bond acceptors (Lipinski definition) is 3. The van der Waals surface area contributed by atoms with Crippen LogP contribution < -0.4 is 4.90 Å². The SMILES string of the molecule is CC(=O)C1C(=O)C(=O)N(c2ccc(Cl)cc2F)[C@@H]1C1CCCCC1. The van der Waals surface area contributed by atoms with E-state index < -0.39 is 29.5 Å². The second-order valence-corrected chi connectivity index (χ2v) is 7.05. The van der Waals surface area contributed by atoms with Gasteiger partial charge in [0, 0.05) is 5.02 Å². The molecule has 6 heteroatoms. The first-order valence-corrected chi connectivity index (χ1v) is 8.62. The number of anilines is 1. The summed E-state index contributed by atoms with van der Waals surface area (Å²) in [7, 11) is 0. The van der Waals surface area contributed by atoms with Crippen molar-refractivity contribution in [3.05, 3.63) is 29.0 Å². The lowest BCUT2D eigenvalue weighted by atomic mass is 9.77. The van der Waals surface area contributed by atoms with Gasteiger partial charge in [-0.2, -0.15) is 0 Å². The van der Waals surface area contributed by atoms with Gasteiger partial charge in [0.1, 0.15) is 17.5 Å². The molecule has 1 heterocycles. The molecule has 0 N–H and O–H groups in total. The monoisotopic (exact) mass is 351 g/mol. The van der Waals surface area contributed by atoms with Crippen LogP contribution in [0.15, 0.2) is 18.2 Å². The topological polar surface area (TPSA) is 54.5 Å². The number of carbonyl (C=O) groups excluding carboxylic acids is 3. The van der Waals surface area contributed by atoms with Crippen LogP contribution in [0.1, 0.15) is 39.0 Å². The van der Waals surface area contributed by atoms with Crippen molar-refractivity contribution < 1.29 is 18.8 Å². The van der Waals surface area contributed by atoms with E-state index in [1.807, 2.05) is 0 Å². The third-order valence-corrected chi connectivity index (χ3v) is 5.33. The summed E-state index contributed by atoms with van der Waals surface area (Å²) in [6.45, 7) is 1.33. The Morgan fingerprint density at radius 2 is 1.88 bits per heavy atom. The van der Waals surface area contributed by atoms with Gasteiger partial charge in [-0.15, -0.1) is 0 Å². The lowest BCUT2D eigenvalue weighted by Gasteiger charge is -2.35. The van der Waals surface area contributed by atoms with Crippen molar-refractivity contribution in [3.8, 4) is 0 Å². The van der Waals surface area contributed by atoms with Crippen LogP contribution in [-0.4, -0.2) is 23.5 Å². The molecule has 1 aromatic carbocycles. The molecule has 0 aromatic heterocycles. The maximum atomic E-state index is 14.4. The van der Waals surface area contributed by atoms with Gasteiger partial charge in [0.25, 0.3) is 5.91 Å². The summed E-state index contributed by atoms with van der Waals surface area (Å²) in [5, 5.41) is 0.214. The third kappa shape index (κ3) is 2.86. The molecule has 1 saturated heterocycles. The second-order valence-electron chi connectivity index (χ2n) is 6.61. The smallest absolute Gasteiger partial charge is 0.295 e. The van der Waals surface area contributed by atoms with E-state index in [0.717, 1.165) is 38.2 Å². The quantitative estimate of drug-likeness (QED) is 0.618. The van der Waals surface area contributed by atoms with Crippen LogP contribution >= 0.6 is 11.6 Å². The standard InChI is InChI=1S/C18H19ClFNO3/c1-10(22)15-16(11-5-3-2-4-6-11)21(18(24)17(15)23)14-8-7-12(19)9-13(14)20/h7-9,11,15-16H,2-6H2,1H3/t15?,16-/m1/s1. The van der Waals surface area contributed by atoms with Gasteiger partial charge in [0.2, 0.25) is 5.78 Å². The molecule has 4 nitrogen and oxygen atoms in total. The molecular weight excluding hydrogens is 333 g/mol. The summed E-state index contributed by atoms with van der Waals surface area (Å²) in [5.41, 5.74) is 0.0251. The lowest BCUT2D eigenvalue weighted by Crippen LogP contribution is -2.43. The van der Waals surface area contributed by atoms with Gasteiger partial charge in [0.15, 0.2) is 0 Å². The van der Waals surface area contributed by atoms with Crippen molar-refractivity contribution in [2.75, 3.05) is 4.90 Å². The zero-order valence-electron chi connectivity index (χ0n) is 13.4. The van der Waals surface area contributed by atoms with Gasteiger partial charge in [-0.1, -0.05) is 30.9 Å². The maximum Gasteiger partial charge on any atom is 0.295 e. The predicted molar refractivity (Wildman–Crippen MR) is 88.4 cm³/mol. The molecule has 2 atom stereocenters. The fourth-order valence-electron chi connectivity index (χ4n) is 4.02. The van der Waals surface area contributed by atoms with Gasteiger partial charge < -0.3 is 0 Å². The van der Waals surface area contributed by atoms with Crippen LogP contribution in [0.25, 0.3) is 0 Å². The summed E-state index contributed by atoms with van der Waals surface area (Å²) in [5.74, 6) is -3.50. The summed E-state index contributed by atoms with van der Waals surface area (Å²) < 4.78 is 14.4. The zero-order valence-corrected chi connectivity index (χ0v) is 14.2. The number of carbonyl (C=O) groups is 3. The Morgan fingerprint density at radius 1 is 1.21 bits per heavy atom. The predicted octanol–water partition coefficient (Wildman–Crippen LogP) is 3.55. The van der Waals surface area contributed by atoms with Crippen LogP contribution in [0, 0.1) is 17.7 Å². The van der Waals surface area contributed by atoms with E-state index in [4.69, 9.17) is 11.6 Å². The van der Waals surface area contributed by atoms with E-state index in [9.17, 15) is 18.8 Å². The van der Waals surface area contributed by atoms with Gasteiger partial charge in [0.05, 0.1) is 11.7 Å². The van der Waals surface area contributed by atoms with E-state index in [1.54, 1.807) is 0 Å². The zero-order chi connectivity index (χ0) is 17.4. The molecule has 2 aliphatic rings. The number of benzene rings is 1. The first-order valence-electron chi connectivity index (χ1n) is 8.24. The van der Waals surface area contributed by atoms with Crippen molar-refractivity contribution in [3.63, 3.8) is 0 Å². The minimum absolute atomic E-state index is 0.0251. The van der Waals surface area contributed by atoms with E-state index in [1.165, 1.54) is 24.0 Å². The van der Waals surface area contributed by atoms with Crippen LogP contribution in [0.2, 0.25) is 5.02 Å². The summed E-state index contributed by atoms with van der Waals surface area (Å²) in [6.07, 6.45) is 4.75. The van der Waals surface area contributed by atoms with Gasteiger partial charge >= 0.3 is 0 Å². The van der Waals surface area contributed by atoms with Gasteiger partial charge in [-0.25, -0.2) is 4.39 Å². The molecule has 1 saturated carbocycles. The van der Waals surface area contributed by atoms with Crippen LogP contribution in [0.3, 0.4) is 0 Å². The highest BCUT2D eigenvalue weighted by atomic mass is 35.5. The molecule has 1 unspecified atom stereocenters. The van der Waals surface area contributed by atoms with Crippen molar-refractivity contribution in [1.82, 2.24) is 0 Å². The summed E-state index contributed by atoms with van der Waals surface area (Å²) >= 11 is 5.79. The van der Waals surface area contributed by atoms with Crippen LogP contribution in [-0.2, 0) is 14.4 Å². The second kappa shape index (κ2) is 6.63. The highest BCUT2D eigenvalue weighted by molar-refractivity contribution is 6.48. The van der Waals surface area contributed by atoms with Gasteiger partial charge in [-0.05, 0) is 43.9 Å². The molecule has 1 amide bonds. The fraction of sp³-hybridized carbons (Fsp3) is 0.500. The molecule has 0 spiro atoms. The molecule has 24 heavy (non-hydrogen) atoms. The summed E-state index contributed by atoms with van der Waals surface area (Å²) in [4.78, 5) is 38.2. The number of hydrogen-bond donors (Lipinski definition) is 0. The first kappa shape index (κ1) is 17.1. The largest absolute Gasteiger partial charge is 0.299 e. The van der Waals surface area contributed by atoms with Gasteiger partial charge in [-0.3, -0.25) is 19.3 Å². The van der Waals surface area contributed by atoms with Crippen LogP contribution in [0.5, 0.6) is 0 Å². The number of Topliss-reactive ketones (excluding diaryl/α,β-unsaturated/α-hetero) is 2. The molecule has 1 aliphatic heterocycles.